The Balaban J connectivity index is 1.36. The standard InChI is InChI=1S/C19H24N4O/c1-14-20-18-13-23(12-17(18)19(24)21-14)16-7-9-22(10-8-16)11-15-5-3-2-4-6-15/h2-6,16H,7-13H2,1H3,(H,20,21,24). The summed E-state index contributed by atoms with van der Waals surface area (Å²) in [6.45, 7) is 6.70. The summed E-state index contributed by atoms with van der Waals surface area (Å²) in [6, 6.07) is 11.2. The molecule has 0 unspecified atom stereocenters. The first-order valence-corrected chi connectivity index (χ1v) is 8.78. The number of rotatable bonds is 3. The normalized spacial score (nSPS) is 19.5. The lowest BCUT2D eigenvalue weighted by molar-refractivity contribution is 0.103. The van der Waals surface area contributed by atoms with Crippen molar-refractivity contribution in [1.29, 1.82) is 0 Å². The van der Waals surface area contributed by atoms with Gasteiger partial charge in [0.15, 0.2) is 0 Å². The van der Waals surface area contributed by atoms with Crippen LogP contribution in [-0.2, 0) is 19.6 Å². The Morgan fingerprint density at radius 3 is 2.67 bits per heavy atom. The van der Waals surface area contributed by atoms with Gasteiger partial charge < -0.3 is 4.98 Å². The molecular formula is C19H24N4O. The molecule has 1 fully saturated rings. The lowest BCUT2D eigenvalue weighted by Gasteiger charge is -2.36. The number of aromatic nitrogens is 2. The van der Waals surface area contributed by atoms with E-state index >= 15 is 0 Å². The maximum Gasteiger partial charge on any atom is 0.255 e. The molecule has 0 atom stereocenters. The van der Waals surface area contributed by atoms with Crippen LogP contribution in [0.25, 0.3) is 0 Å². The number of hydrogen-bond donors (Lipinski definition) is 1. The molecule has 0 spiro atoms. The van der Waals surface area contributed by atoms with E-state index in [1.165, 1.54) is 5.56 Å². The van der Waals surface area contributed by atoms with Crippen LogP contribution in [-0.4, -0.2) is 38.9 Å². The number of aromatic amines is 1. The molecule has 0 amide bonds. The first-order valence-electron chi connectivity index (χ1n) is 8.78. The van der Waals surface area contributed by atoms with Gasteiger partial charge in [-0.1, -0.05) is 30.3 Å². The number of hydrogen-bond acceptors (Lipinski definition) is 4. The van der Waals surface area contributed by atoms with Gasteiger partial charge >= 0.3 is 0 Å². The van der Waals surface area contributed by atoms with E-state index < -0.39 is 0 Å². The molecule has 2 aromatic rings. The number of nitrogens with zero attached hydrogens (tertiary/aromatic N) is 3. The van der Waals surface area contributed by atoms with Crippen LogP contribution >= 0.6 is 0 Å². The average Bonchev–Trinajstić information content (AvgIpc) is 3.01. The summed E-state index contributed by atoms with van der Waals surface area (Å²) in [5.41, 5.74) is 3.27. The average molecular weight is 324 g/mol. The minimum absolute atomic E-state index is 0.0431. The van der Waals surface area contributed by atoms with E-state index in [9.17, 15) is 4.79 Å². The third-order valence-electron chi connectivity index (χ3n) is 5.26. The molecule has 0 aliphatic carbocycles. The van der Waals surface area contributed by atoms with Crippen LogP contribution in [0.5, 0.6) is 0 Å². The van der Waals surface area contributed by atoms with Crippen LogP contribution in [0.3, 0.4) is 0 Å². The third-order valence-corrected chi connectivity index (χ3v) is 5.26. The van der Waals surface area contributed by atoms with Crippen molar-refractivity contribution in [1.82, 2.24) is 19.8 Å². The van der Waals surface area contributed by atoms with Gasteiger partial charge in [0, 0.05) is 25.7 Å². The summed E-state index contributed by atoms with van der Waals surface area (Å²) in [4.78, 5) is 24.4. The quantitative estimate of drug-likeness (QED) is 0.939. The Kier molecular flexibility index (Phi) is 4.21. The lowest BCUT2D eigenvalue weighted by Crippen LogP contribution is -2.42. The Morgan fingerprint density at radius 2 is 1.92 bits per heavy atom. The minimum Gasteiger partial charge on any atom is -0.310 e. The van der Waals surface area contributed by atoms with Gasteiger partial charge in [0.1, 0.15) is 5.82 Å². The van der Waals surface area contributed by atoms with E-state index in [1.807, 2.05) is 6.92 Å². The molecule has 1 aromatic heterocycles. The molecule has 5 nitrogen and oxygen atoms in total. The van der Waals surface area contributed by atoms with Crippen molar-refractivity contribution in [2.24, 2.45) is 0 Å². The molecule has 0 bridgehead atoms. The zero-order valence-electron chi connectivity index (χ0n) is 14.2. The van der Waals surface area contributed by atoms with Crippen molar-refractivity contribution in [2.75, 3.05) is 13.1 Å². The van der Waals surface area contributed by atoms with Crippen LogP contribution in [0.15, 0.2) is 35.1 Å². The fourth-order valence-corrected chi connectivity index (χ4v) is 3.96. The van der Waals surface area contributed by atoms with E-state index in [0.29, 0.717) is 6.04 Å². The summed E-state index contributed by atoms with van der Waals surface area (Å²) in [5, 5.41) is 0. The SMILES string of the molecule is Cc1nc2c(c(=O)[nH]1)CN(C1CCN(Cc3ccccc3)CC1)C2. The van der Waals surface area contributed by atoms with Gasteiger partial charge in [-0.05, 0) is 38.4 Å². The Hall–Kier alpha value is -1.98. The molecule has 0 radical (unpaired) electrons. The van der Waals surface area contributed by atoms with Crippen molar-refractivity contribution in [3.8, 4) is 0 Å². The smallest absolute Gasteiger partial charge is 0.255 e. The van der Waals surface area contributed by atoms with Crippen molar-refractivity contribution in [2.45, 2.75) is 45.4 Å². The number of piperidine rings is 1. The highest BCUT2D eigenvalue weighted by atomic mass is 16.1. The lowest BCUT2D eigenvalue weighted by atomic mass is 10.0. The highest BCUT2D eigenvalue weighted by molar-refractivity contribution is 5.22. The zero-order chi connectivity index (χ0) is 16.5. The number of aryl methyl sites for hydroxylation is 1. The molecular weight excluding hydrogens is 300 g/mol. The first-order chi connectivity index (χ1) is 11.7. The highest BCUT2D eigenvalue weighted by Gasteiger charge is 2.31. The number of benzene rings is 1. The second-order valence-electron chi connectivity index (χ2n) is 6.97. The maximum atomic E-state index is 12.1. The number of H-pyrrole nitrogens is 1. The molecule has 3 heterocycles. The molecule has 2 aliphatic rings. The van der Waals surface area contributed by atoms with E-state index in [2.05, 4.69) is 50.1 Å². The fraction of sp³-hybridized carbons (Fsp3) is 0.474. The predicted molar refractivity (Wildman–Crippen MR) is 93.6 cm³/mol. The summed E-state index contributed by atoms with van der Waals surface area (Å²) in [5.74, 6) is 0.721. The minimum atomic E-state index is 0.0431. The maximum absolute atomic E-state index is 12.1. The molecule has 5 heteroatoms. The van der Waals surface area contributed by atoms with Crippen LogP contribution in [0.2, 0.25) is 0 Å². The monoisotopic (exact) mass is 324 g/mol. The summed E-state index contributed by atoms with van der Waals surface area (Å²) >= 11 is 0. The van der Waals surface area contributed by atoms with Crippen LogP contribution in [0.1, 0.15) is 35.5 Å². The summed E-state index contributed by atoms with van der Waals surface area (Å²) in [7, 11) is 0. The van der Waals surface area contributed by atoms with Crippen LogP contribution in [0.4, 0.5) is 0 Å². The van der Waals surface area contributed by atoms with Crippen LogP contribution < -0.4 is 5.56 Å². The Morgan fingerprint density at radius 1 is 1.17 bits per heavy atom. The second kappa shape index (κ2) is 6.49. The zero-order valence-corrected chi connectivity index (χ0v) is 14.2. The third kappa shape index (κ3) is 3.14. The topological polar surface area (TPSA) is 52.2 Å². The van der Waals surface area contributed by atoms with Gasteiger partial charge in [0.25, 0.3) is 5.56 Å². The first kappa shape index (κ1) is 15.5. The second-order valence-corrected chi connectivity index (χ2v) is 6.97. The molecule has 2 aliphatic heterocycles. The van der Waals surface area contributed by atoms with Gasteiger partial charge in [-0.2, -0.15) is 0 Å². The summed E-state index contributed by atoms with van der Waals surface area (Å²) < 4.78 is 0. The molecule has 126 valence electrons. The van der Waals surface area contributed by atoms with Crippen molar-refractivity contribution in [3.05, 3.63) is 63.3 Å². The van der Waals surface area contributed by atoms with Gasteiger partial charge in [-0.15, -0.1) is 0 Å². The van der Waals surface area contributed by atoms with Crippen molar-refractivity contribution < 1.29 is 0 Å². The van der Waals surface area contributed by atoms with Crippen molar-refractivity contribution >= 4 is 0 Å². The fourth-order valence-electron chi connectivity index (χ4n) is 3.96. The van der Waals surface area contributed by atoms with Gasteiger partial charge in [-0.25, -0.2) is 4.98 Å². The molecule has 1 saturated heterocycles. The van der Waals surface area contributed by atoms with Gasteiger partial charge in [0.2, 0.25) is 0 Å². The van der Waals surface area contributed by atoms with E-state index in [4.69, 9.17) is 0 Å². The molecule has 0 saturated carbocycles. The number of nitrogens with one attached hydrogen (secondary N) is 1. The Bertz CT molecular complexity index is 763. The van der Waals surface area contributed by atoms with Gasteiger partial charge in [0.05, 0.1) is 11.3 Å². The largest absolute Gasteiger partial charge is 0.310 e. The van der Waals surface area contributed by atoms with Crippen LogP contribution in [0, 0.1) is 6.92 Å². The molecule has 4 rings (SSSR count). The molecule has 1 N–H and O–H groups in total. The highest BCUT2D eigenvalue weighted by Crippen LogP contribution is 2.26. The van der Waals surface area contributed by atoms with Gasteiger partial charge in [-0.3, -0.25) is 14.6 Å². The van der Waals surface area contributed by atoms with E-state index in [0.717, 1.165) is 62.6 Å². The van der Waals surface area contributed by atoms with E-state index in [-0.39, 0.29) is 5.56 Å². The van der Waals surface area contributed by atoms with Crippen molar-refractivity contribution in [3.63, 3.8) is 0 Å². The summed E-state index contributed by atoms with van der Waals surface area (Å²) in [6.07, 6.45) is 2.33. The van der Waals surface area contributed by atoms with E-state index in [1.54, 1.807) is 0 Å². The Labute approximate surface area is 142 Å². The molecule has 1 aromatic carbocycles. The predicted octanol–water partition coefficient (Wildman–Crippen LogP) is 2.06. The number of likely N-dealkylation sites (tertiary alicyclic amines) is 1. The molecule has 24 heavy (non-hydrogen) atoms. The number of fused-ring (bicyclic) bond motifs is 1.